The van der Waals surface area contributed by atoms with Crippen LogP contribution in [0.4, 0.5) is 5.69 Å². The maximum atomic E-state index is 8.91. The van der Waals surface area contributed by atoms with Gasteiger partial charge in [-0.15, -0.1) is 0 Å². The number of benzene rings is 1. The van der Waals surface area contributed by atoms with E-state index in [1.807, 2.05) is 18.2 Å². The Morgan fingerprint density at radius 3 is 2.59 bits per heavy atom. The van der Waals surface area contributed by atoms with E-state index in [2.05, 4.69) is 22.4 Å². The van der Waals surface area contributed by atoms with Crippen molar-refractivity contribution in [1.82, 2.24) is 5.32 Å². The van der Waals surface area contributed by atoms with Gasteiger partial charge in [0.2, 0.25) is 0 Å². The Morgan fingerprint density at radius 2 is 2.00 bits per heavy atom. The third kappa shape index (κ3) is 1.89. The Labute approximate surface area is 102 Å². The van der Waals surface area contributed by atoms with Crippen molar-refractivity contribution >= 4 is 5.69 Å². The number of hydrogen-bond donors (Lipinski definition) is 1. The summed E-state index contributed by atoms with van der Waals surface area (Å²) in [6.07, 6.45) is 2.55. The van der Waals surface area contributed by atoms with Gasteiger partial charge in [0.05, 0.1) is 11.6 Å². The van der Waals surface area contributed by atoms with Crippen molar-refractivity contribution in [3.8, 4) is 6.07 Å². The first-order valence-electron chi connectivity index (χ1n) is 6.27. The van der Waals surface area contributed by atoms with Gasteiger partial charge < -0.3 is 10.2 Å². The molecule has 2 saturated heterocycles. The summed E-state index contributed by atoms with van der Waals surface area (Å²) in [4.78, 5) is 2.41. The van der Waals surface area contributed by atoms with Crippen LogP contribution in [0.1, 0.15) is 18.4 Å². The lowest BCUT2D eigenvalue weighted by Crippen LogP contribution is -2.58. The van der Waals surface area contributed by atoms with E-state index in [-0.39, 0.29) is 0 Å². The Hall–Kier alpha value is -1.53. The van der Waals surface area contributed by atoms with Gasteiger partial charge in [0.25, 0.3) is 0 Å². The molecule has 1 N–H and O–H groups in total. The second-order valence-electron chi connectivity index (χ2n) is 5.25. The minimum Gasteiger partial charge on any atom is -0.371 e. The van der Waals surface area contributed by atoms with Gasteiger partial charge >= 0.3 is 0 Å². The number of nitrogens with zero attached hydrogens (tertiary/aromatic N) is 2. The van der Waals surface area contributed by atoms with E-state index in [0.29, 0.717) is 5.41 Å². The van der Waals surface area contributed by atoms with E-state index in [1.165, 1.54) is 31.6 Å². The van der Waals surface area contributed by atoms with E-state index in [9.17, 15) is 0 Å². The minimum atomic E-state index is 0.587. The van der Waals surface area contributed by atoms with Crippen LogP contribution in [0.2, 0.25) is 0 Å². The zero-order chi connectivity index (χ0) is 11.7. The minimum absolute atomic E-state index is 0.587. The van der Waals surface area contributed by atoms with E-state index >= 15 is 0 Å². The molecule has 1 spiro atoms. The molecule has 2 aliphatic rings. The van der Waals surface area contributed by atoms with Crippen molar-refractivity contribution in [2.75, 3.05) is 31.1 Å². The SMILES string of the molecule is N#Cc1cccc(N2CCC3(CC2)CNC3)c1. The Balaban J connectivity index is 1.71. The maximum Gasteiger partial charge on any atom is 0.0992 e. The highest BCUT2D eigenvalue weighted by atomic mass is 15.2. The smallest absolute Gasteiger partial charge is 0.0992 e. The summed E-state index contributed by atoms with van der Waals surface area (Å²) in [5.74, 6) is 0. The van der Waals surface area contributed by atoms with Crippen LogP contribution in [0, 0.1) is 16.7 Å². The molecule has 0 radical (unpaired) electrons. The van der Waals surface area contributed by atoms with Crippen LogP contribution in [0.25, 0.3) is 0 Å². The van der Waals surface area contributed by atoms with Gasteiger partial charge in [-0.1, -0.05) is 6.07 Å². The van der Waals surface area contributed by atoms with Crippen LogP contribution in [0.5, 0.6) is 0 Å². The largest absolute Gasteiger partial charge is 0.371 e. The van der Waals surface area contributed by atoms with Gasteiger partial charge in [-0.25, -0.2) is 0 Å². The zero-order valence-corrected chi connectivity index (χ0v) is 9.95. The molecule has 3 heteroatoms. The molecule has 0 bridgehead atoms. The highest BCUT2D eigenvalue weighted by molar-refractivity contribution is 5.51. The van der Waals surface area contributed by atoms with E-state index < -0.39 is 0 Å². The third-order valence-corrected chi connectivity index (χ3v) is 4.16. The normalized spacial score (nSPS) is 21.9. The number of hydrogen-bond acceptors (Lipinski definition) is 3. The summed E-state index contributed by atoms with van der Waals surface area (Å²) in [7, 11) is 0. The Kier molecular flexibility index (Phi) is 2.53. The van der Waals surface area contributed by atoms with E-state index in [4.69, 9.17) is 5.26 Å². The number of nitrogens with one attached hydrogen (secondary N) is 1. The topological polar surface area (TPSA) is 39.1 Å². The highest BCUT2D eigenvalue weighted by Crippen LogP contribution is 2.36. The number of piperidine rings is 1. The monoisotopic (exact) mass is 227 g/mol. The van der Waals surface area contributed by atoms with Crippen molar-refractivity contribution in [3.63, 3.8) is 0 Å². The van der Waals surface area contributed by atoms with Crippen molar-refractivity contribution in [2.45, 2.75) is 12.8 Å². The van der Waals surface area contributed by atoms with Gasteiger partial charge in [-0.05, 0) is 36.5 Å². The fourth-order valence-electron chi connectivity index (χ4n) is 2.84. The number of anilines is 1. The first-order valence-corrected chi connectivity index (χ1v) is 6.27. The summed E-state index contributed by atoms with van der Waals surface area (Å²) in [5, 5.41) is 12.3. The van der Waals surface area contributed by atoms with Crippen molar-refractivity contribution in [1.29, 1.82) is 5.26 Å². The molecule has 0 atom stereocenters. The fraction of sp³-hybridized carbons (Fsp3) is 0.500. The third-order valence-electron chi connectivity index (χ3n) is 4.16. The molecule has 0 saturated carbocycles. The molecule has 17 heavy (non-hydrogen) atoms. The lowest BCUT2D eigenvalue weighted by atomic mass is 9.73. The van der Waals surface area contributed by atoms with Crippen LogP contribution in [-0.4, -0.2) is 26.2 Å². The van der Waals surface area contributed by atoms with Crippen LogP contribution in [0.3, 0.4) is 0 Å². The molecule has 2 heterocycles. The molecular formula is C14H17N3. The molecule has 0 amide bonds. The highest BCUT2D eigenvalue weighted by Gasteiger charge is 2.39. The fourth-order valence-corrected chi connectivity index (χ4v) is 2.84. The summed E-state index contributed by atoms with van der Waals surface area (Å²) >= 11 is 0. The summed E-state index contributed by atoms with van der Waals surface area (Å²) < 4.78 is 0. The molecule has 2 fully saturated rings. The molecule has 0 aliphatic carbocycles. The first-order chi connectivity index (χ1) is 8.31. The second kappa shape index (κ2) is 4.05. The average molecular weight is 227 g/mol. The van der Waals surface area contributed by atoms with E-state index in [0.717, 1.165) is 18.7 Å². The van der Waals surface area contributed by atoms with Gasteiger partial charge in [0.1, 0.15) is 0 Å². The van der Waals surface area contributed by atoms with Gasteiger partial charge in [-0.2, -0.15) is 5.26 Å². The average Bonchev–Trinajstić information content (AvgIpc) is 2.37. The van der Waals surface area contributed by atoms with Crippen molar-refractivity contribution < 1.29 is 0 Å². The molecule has 0 unspecified atom stereocenters. The molecule has 3 rings (SSSR count). The predicted octanol–water partition coefficient (Wildman–Crippen LogP) is 1.75. The molecule has 2 aliphatic heterocycles. The van der Waals surface area contributed by atoms with Crippen molar-refractivity contribution in [3.05, 3.63) is 29.8 Å². The van der Waals surface area contributed by atoms with E-state index in [1.54, 1.807) is 0 Å². The lowest BCUT2D eigenvalue weighted by Gasteiger charge is -2.49. The Bertz CT molecular complexity index is 447. The molecule has 1 aromatic rings. The maximum absolute atomic E-state index is 8.91. The summed E-state index contributed by atoms with van der Waals surface area (Å²) in [6.45, 7) is 4.63. The van der Waals surface area contributed by atoms with Gasteiger partial charge in [0.15, 0.2) is 0 Å². The standard InChI is InChI=1S/C14H17N3/c15-9-12-2-1-3-13(8-12)17-6-4-14(5-7-17)10-16-11-14/h1-3,8,16H,4-7,10-11H2. The molecule has 3 nitrogen and oxygen atoms in total. The molecule has 0 aromatic heterocycles. The molecule has 88 valence electrons. The lowest BCUT2D eigenvalue weighted by molar-refractivity contribution is 0.126. The number of rotatable bonds is 1. The van der Waals surface area contributed by atoms with Gasteiger partial charge in [0, 0.05) is 31.9 Å². The predicted molar refractivity (Wildman–Crippen MR) is 67.9 cm³/mol. The van der Waals surface area contributed by atoms with Crippen LogP contribution in [-0.2, 0) is 0 Å². The zero-order valence-electron chi connectivity index (χ0n) is 9.95. The second-order valence-corrected chi connectivity index (χ2v) is 5.25. The quantitative estimate of drug-likeness (QED) is 0.794. The molecular weight excluding hydrogens is 210 g/mol. The van der Waals surface area contributed by atoms with Gasteiger partial charge in [-0.3, -0.25) is 0 Å². The Morgan fingerprint density at radius 1 is 1.24 bits per heavy atom. The van der Waals surface area contributed by atoms with Crippen LogP contribution < -0.4 is 10.2 Å². The van der Waals surface area contributed by atoms with Crippen LogP contribution >= 0.6 is 0 Å². The first kappa shape index (κ1) is 10.6. The number of nitriles is 1. The van der Waals surface area contributed by atoms with Crippen LogP contribution in [0.15, 0.2) is 24.3 Å². The molecule has 1 aromatic carbocycles. The van der Waals surface area contributed by atoms with Crippen molar-refractivity contribution in [2.24, 2.45) is 5.41 Å². The summed E-state index contributed by atoms with van der Waals surface area (Å²) in [6, 6.07) is 10.2. The summed E-state index contributed by atoms with van der Waals surface area (Å²) in [5.41, 5.74) is 2.54.